The molecule has 2 aromatic rings. The molecule has 0 atom stereocenters. The number of likely N-dealkylation sites (tertiary alicyclic amines) is 1. The molecule has 0 spiro atoms. The van der Waals surface area contributed by atoms with E-state index < -0.39 is 0 Å². The number of piperidine rings is 1. The Morgan fingerprint density at radius 2 is 1.92 bits per heavy atom. The van der Waals surface area contributed by atoms with Crippen LogP contribution in [-0.4, -0.2) is 40.0 Å². The summed E-state index contributed by atoms with van der Waals surface area (Å²) >= 11 is 1.29. The Morgan fingerprint density at radius 3 is 2.69 bits per heavy atom. The van der Waals surface area contributed by atoms with Gasteiger partial charge in [0, 0.05) is 31.6 Å². The third kappa shape index (κ3) is 4.88. The van der Waals surface area contributed by atoms with Gasteiger partial charge in [0.1, 0.15) is 5.01 Å². The van der Waals surface area contributed by atoms with Gasteiger partial charge in [-0.05, 0) is 44.2 Å². The SMILES string of the molecule is Cc1ccccc1NC(=O)c1nnc(CCCC(=O)N2CCCCC2)s1. The van der Waals surface area contributed by atoms with Crippen LogP contribution >= 0.6 is 11.3 Å². The summed E-state index contributed by atoms with van der Waals surface area (Å²) in [5.74, 6) is -0.0147. The number of para-hydroxylation sites is 1. The monoisotopic (exact) mass is 372 g/mol. The topological polar surface area (TPSA) is 75.2 Å². The average Bonchev–Trinajstić information content (AvgIpc) is 3.13. The van der Waals surface area contributed by atoms with E-state index in [0.29, 0.717) is 17.8 Å². The Labute approximate surface area is 157 Å². The molecule has 1 fully saturated rings. The molecule has 0 bridgehead atoms. The number of hydrogen-bond acceptors (Lipinski definition) is 5. The van der Waals surface area contributed by atoms with Gasteiger partial charge in [-0.25, -0.2) is 0 Å². The van der Waals surface area contributed by atoms with Crippen LogP contribution in [0.3, 0.4) is 0 Å². The smallest absolute Gasteiger partial charge is 0.286 e. The Bertz CT molecular complexity index is 768. The van der Waals surface area contributed by atoms with Crippen molar-refractivity contribution in [2.75, 3.05) is 18.4 Å². The number of benzene rings is 1. The van der Waals surface area contributed by atoms with E-state index in [0.717, 1.165) is 48.6 Å². The molecule has 1 aromatic heterocycles. The quantitative estimate of drug-likeness (QED) is 0.843. The standard InChI is InChI=1S/C19H24N4O2S/c1-14-8-3-4-9-15(14)20-18(25)19-22-21-16(26-19)10-7-11-17(24)23-12-5-2-6-13-23/h3-4,8-9H,2,5-7,10-13H2,1H3,(H,20,25). The van der Waals surface area contributed by atoms with Crippen LogP contribution in [0.1, 0.15) is 52.5 Å². The predicted octanol–water partition coefficient (Wildman–Crippen LogP) is 3.43. The number of nitrogens with zero attached hydrogens (tertiary/aromatic N) is 3. The molecular weight excluding hydrogens is 348 g/mol. The summed E-state index contributed by atoms with van der Waals surface area (Å²) in [7, 11) is 0. The largest absolute Gasteiger partial charge is 0.343 e. The van der Waals surface area contributed by atoms with Crippen molar-refractivity contribution in [3.63, 3.8) is 0 Å². The van der Waals surface area contributed by atoms with E-state index in [4.69, 9.17) is 0 Å². The van der Waals surface area contributed by atoms with Crippen LogP contribution in [0.5, 0.6) is 0 Å². The maximum Gasteiger partial charge on any atom is 0.286 e. The molecule has 6 nitrogen and oxygen atoms in total. The molecule has 3 rings (SSSR count). The number of hydrogen-bond donors (Lipinski definition) is 1. The van der Waals surface area contributed by atoms with Gasteiger partial charge in [-0.15, -0.1) is 10.2 Å². The molecule has 1 aliphatic heterocycles. The third-order valence-corrected chi connectivity index (χ3v) is 5.53. The van der Waals surface area contributed by atoms with Gasteiger partial charge in [-0.3, -0.25) is 9.59 Å². The van der Waals surface area contributed by atoms with Gasteiger partial charge in [-0.2, -0.15) is 0 Å². The lowest BCUT2D eigenvalue weighted by atomic mass is 10.1. The number of anilines is 1. The van der Waals surface area contributed by atoms with Crippen molar-refractivity contribution in [2.24, 2.45) is 0 Å². The first-order valence-corrected chi connectivity index (χ1v) is 9.92. The second-order valence-corrected chi connectivity index (χ2v) is 7.63. The first kappa shape index (κ1) is 18.5. The number of rotatable bonds is 6. The van der Waals surface area contributed by atoms with E-state index >= 15 is 0 Å². The zero-order valence-electron chi connectivity index (χ0n) is 15.0. The summed E-state index contributed by atoms with van der Waals surface area (Å²) in [4.78, 5) is 26.4. The molecule has 0 radical (unpaired) electrons. The Kier molecular flexibility index (Phi) is 6.33. The van der Waals surface area contributed by atoms with Crippen molar-refractivity contribution in [1.82, 2.24) is 15.1 Å². The summed E-state index contributed by atoms with van der Waals surface area (Å²) in [5.41, 5.74) is 1.78. The molecule has 2 heterocycles. The molecule has 1 aromatic carbocycles. The molecule has 7 heteroatoms. The maximum atomic E-state index is 12.3. The lowest BCUT2D eigenvalue weighted by Crippen LogP contribution is -2.35. The van der Waals surface area contributed by atoms with E-state index in [1.807, 2.05) is 36.1 Å². The van der Waals surface area contributed by atoms with E-state index in [1.165, 1.54) is 17.8 Å². The molecular formula is C19H24N4O2S. The molecule has 1 N–H and O–H groups in total. The second kappa shape index (κ2) is 8.89. The van der Waals surface area contributed by atoms with Crippen molar-refractivity contribution in [2.45, 2.75) is 45.4 Å². The number of nitrogens with one attached hydrogen (secondary N) is 1. The molecule has 1 saturated heterocycles. The Balaban J connectivity index is 1.47. The minimum Gasteiger partial charge on any atom is -0.343 e. The molecule has 26 heavy (non-hydrogen) atoms. The number of carbonyl (C=O) groups excluding carboxylic acids is 2. The zero-order valence-corrected chi connectivity index (χ0v) is 15.8. The van der Waals surface area contributed by atoms with Gasteiger partial charge >= 0.3 is 0 Å². The van der Waals surface area contributed by atoms with Crippen molar-refractivity contribution in [3.05, 3.63) is 39.8 Å². The normalized spacial score (nSPS) is 14.3. The summed E-state index contributed by atoms with van der Waals surface area (Å²) in [5, 5.41) is 12.1. The highest BCUT2D eigenvalue weighted by atomic mass is 32.1. The van der Waals surface area contributed by atoms with E-state index in [1.54, 1.807) is 0 Å². The van der Waals surface area contributed by atoms with Crippen LogP contribution in [0.25, 0.3) is 0 Å². The molecule has 138 valence electrons. The number of aryl methyl sites for hydroxylation is 2. The second-order valence-electron chi connectivity index (χ2n) is 6.56. The predicted molar refractivity (Wildman–Crippen MR) is 102 cm³/mol. The van der Waals surface area contributed by atoms with Crippen LogP contribution in [0.15, 0.2) is 24.3 Å². The van der Waals surface area contributed by atoms with Crippen molar-refractivity contribution in [1.29, 1.82) is 0 Å². The van der Waals surface area contributed by atoms with Gasteiger partial charge in [0.25, 0.3) is 5.91 Å². The molecule has 2 amide bonds. The average molecular weight is 372 g/mol. The number of carbonyl (C=O) groups is 2. The summed E-state index contributed by atoms with van der Waals surface area (Å²) in [6.07, 6.45) is 5.40. The number of amides is 2. The van der Waals surface area contributed by atoms with E-state index in [2.05, 4.69) is 15.5 Å². The van der Waals surface area contributed by atoms with Gasteiger partial charge < -0.3 is 10.2 Å². The maximum absolute atomic E-state index is 12.3. The van der Waals surface area contributed by atoms with Gasteiger partial charge in [0.05, 0.1) is 0 Å². The van der Waals surface area contributed by atoms with Crippen molar-refractivity contribution < 1.29 is 9.59 Å². The minimum absolute atomic E-state index is 0.228. The lowest BCUT2D eigenvalue weighted by Gasteiger charge is -2.26. The summed E-state index contributed by atoms with van der Waals surface area (Å²) in [6.45, 7) is 3.72. The van der Waals surface area contributed by atoms with Crippen LogP contribution in [0, 0.1) is 6.92 Å². The van der Waals surface area contributed by atoms with E-state index in [-0.39, 0.29) is 11.8 Å². The van der Waals surface area contributed by atoms with E-state index in [9.17, 15) is 9.59 Å². The van der Waals surface area contributed by atoms with Gasteiger partial charge in [-0.1, -0.05) is 29.5 Å². The fourth-order valence-electron chi connectivity index (χ4n) is 3.03. The fourth-order valence-corrected chi connectivity index (χ4v) is 3.80. The summed E-state index contributed by atoms with van der Waals surface area (Å²) in [6, 6.07) is 7.62. The highest BCUT2D eigenvalue weighted by molar-refractivity contribution is 7.13. The van der Waals surface area contributed by atoms with Crippen molar-refractivity contribution >= 4 is 28.8 Å². The van der Waals surface area contributed by atoms with Crippen molar-refractivity contribution in [3.8, 4) is 0 Å². The number of aromatic nitrogens is 2. The van der Waals surface area contributed by atoms with Crippen LogP contribution in [0.4, 0.5) is 5.69 Å². The molecule has 0 unspecified atom stereocenters. The van der Waals surface area contributed by atoms with Gasteiger partial charge in [0.15, 0.2) is 0 Å². The van der Waals surface area contributed by atoms with Gasteiger partial charge in [0.2, 0.25) is 10.9 Å². The molecule has 1 aliphatic rings. The minimum atomic E-state index is -0.243. The van der Waals surface area contributed by atoms with Crippen LogP contribution in [-0.2, 0) is 11.2 Å². The Hall–Kier alpha value is -2.28. The summed E-state index contributed by atoms with van der Waals surface area (Å²) < 4.78 is 0. The fraction of sp³-hybridized carbons (Fsp3) is 0.474. The highest BCUT2D eigenvalue weighted by Crippen LogP contribution is 2.18. The lowest BCUT2D eigenvalue weighted by molar-refractivity contribution is -0.132. The zero-order chi connectivity index (χ0) is 18.4. The van der Waals surface area contributed by atoms with Crippen LogP contribution < -0.4 is 5.32 Å². The van der Waals surface area contributed by atoms with Crippen LogP contribution in [0.2, 0.25) is 0 Å². The molecule has 0 aliphatic carbocycles. The first-order chi connectivity index (χ1) is 12.6. The first-order valence-electron chi connectivity index (χ1n) is 9.10. The molecule has 0 saturated carbocycles. The highest BCUT2D eigenvalue weighted by Gasteiger charge is 2.17. The Morgan fingerprint density at radius 1 is 1.15 bits per heavy atom. The third-order valence-electron chi connectivity index (χ3n) is 4.54.